The average molecular weight is 494 g/mol. The second-order valence-corrected chi connectivity index (χ2v) is 8.57. The summed E-state index contributed by atoms with van der Waals surface area (Å²) < 4.78 is 6.89. The van der Waals surface area contributed by atoms with Crippen molar-refractivity contribution >= 4 is 52.5 Å². The number of nitrogens with zero attached hydrogens (tertiary/aromatic N) is 3. The molecule has 0 bridgehead atoms. The number of halogens is 2. The maximum atomic E-state index is 12.5. The van der Waals surface area contributed by atoms with Gasteiger partial charge in [0, 0.05) is 23.8 Å². The van der Waals surface area contributed by atoms with Crippen LogP contribution in [0.25, 0.3) is 0 Å². The van der Waals surface area contributed by atoms with Crippen LogP contribution in [0.15, 0.2) is 47.6 Å². The molecule has 0 aliphatic carbocycles. The van der Waals surface area contributed by atoms with Gasteiger partial charge in [-0.1, -0.05) is 41.0 Å². The topological polar surface area (TPSA) is 98.1 Å². The van der Waals surface area contributed by atoms with Crippen LogP contribution in [0.4, 0.5) is 5.69 Å². The molecular formula is C21H21Cl2N5O3S. The third-order valence-corrected chi connectivity index (χ3v) is 6.03. The fourth-order valence-corrected chi connectivity index (χ4v) is 4.08. The molecule has 1 atom stereocenters. The highest BCUT2D eigenvalue weighted by Crippen LogP contribution is 2.23. The summed E-state index contributed by atoms with van der Waals surface area (Å²) in [7, 11) is 3.34. The zero-order valence-electron chi connectivity index (χ0n) is 17.6. The first-order valence-corrected chi connectivity index (χ1v) is 11.2. The quantitative estimate of drug-likeness (QED) is 0.452. The van der Waals surface area contributed by atoms with E-state index >= 15 is 0 Å². The zero-order valence-corrected chi connectivity index (χ0v) is 19.9. The number of anilines is 1. The van der Waals surface area contributed by atoms with E-state index in [9.17, 15) is 9.59 Å². The van der Waals surface area contributed by atoms with Gasteiger partial charge in [-0.05, 0) is 37.3 Å². The van der Waals surface area contributed by atoms with Gasteiger partial charge in [0.15, 0.2) is 11.0 Å². The molecule has 0 aliphatic heterocycles. The van der Waals surface area contributed by atoms with Crippen molar-refractivity contribution < 1.29 is 14.3 Å². The molecule has 0 radical (unpaired) electrons. The van der Waals surface area contributed by atoms with E-state index in [2.05, 4.69) is 20.8 Å². The Labute approximate surface area is 199 Å². The minimum atomic E-state index is -0.438. The van der Waals surface area contributed by atoms with Gasteiger partial charge in [-0.25, -0.2) is 0 Å². The van der Waals surface area contributed by atoms with Crippen LogP contribution in [-0.2, 0) is 11.8 Å². The Morgan fingerprint density at radius 1 is 1.19 bits per heavy atom. The lowest BCUT2D eigenvalue weighted by Crippen LogP contribution is -2.28. The lowest BCUT2D eigenvalue weighted by molar-refractivity contribution is -0.113. The molecule has 1 heterocycles. The molecule has 2 N–H and O–H groups in total. The lowest BCUT2D eigenvalue weighted by Gasteiger charge is -2.14. The van der Waals surface area contributed by atoms with E-state index in [4.69, 9.17) is 27.9 Å². The summed E-state index contributed by atoms with van der Waals surface area (Å²) in [5.74, 6) is 0.800. The van der Waals surface area contributed by atoms with E-state index in [1.807, 2.05) is 0 Å². The maximum Gasteiger partial charge on any atom is 0.253 e. The molecule has 8 nitrogen and oxygen atoms in total. The summed E-state index contributed by atoms with van der Waals surface area (Å²) in [5, 5.41) is 15.2. The monoisotopic (exact) mass is 493 g/mol. The van der Waals surface area contributed by atoms with Crippen molar-refractivity contribution in [3.05, 3.63) is 63.9 Å². The fraction of sp³-hybridized carbons (Fsp3) is 0.238. The Balaban J connectivity index is 1.59. The van der Waals surface area contributed by atoms with Crippen molar-refractivity contribution in [1.82, 2.24) is 20.1 Å². The van der Waals surface area contributed by atoms with Gasteiger partial charge in [0.05, 0.1) is 29.5 Å². The molecule has 2 aromatic carbocycles. The van der Waals surface area contributed by atoms with E-state index in [1.54, 1.807) is 62.0 Å². The minimum absolute atomic E-state index is 0.143. The van der Waals surface area contributed by atoms with E-state index < -0.39 is 6.04 Å². The summed E-state index contributed by atoms with van der Waals surface area (Å²) in [6.07, 6.45) is 0. The molecule has 0 unspecified atom stereocenters. The van der Waals surface area contributed by atoms with Crippen LogP contribution < -0.4 is 15.4 Å². The Hall–Kier alpha value is -2.75. The third-order valence-electron chi connectivity index (χ3n) is 4.47. The molecule has 0 spiro atoms. The zero-order chi connectivity index (χ0) is 23.3. The predicted octanol–water partition coefficient (Wildman–Crippen LogP) is 4.35. The Bertz CT molecular complexity index is 1140. The number of ether oxygens (including phenoxy) is 1. The molecule has 3 rings (SSSR count). The minimum Gasteiger partial charge on any atom is -0.497 e. The highest BCUT2D eigenvalue weighted by Gasteiger charge is 2.20. The first-order valence-electron chi connectivity index (χ1n) is 9.50. The van der Waals surface area contributed by atoms with Crippen molar-refractivity contribution in [2.45, 2.75) is 18.1 Å². The van der Waals surface area contributed by atoms with Crippen molar-refractivity contribution in [3.8, 4) is 5.75 Å². The molecule has 0 fully saturated rings. The Kier molecular flexibility index (Phi) is 8.00. The van der Waals surface area contributed by atoms with Gasteiger partial charge < -0.3 is 19.9 Å². The average Bonchev–Trinajstić information content (AvgIpc) is 3.12. The molecule has 0 saturated carbocycles. The first kappa shape index (κ1) is 23.9. The van der Waals surface area contributed by atoms with E-state index in [-0.39, 0.29) is 22.6 Å². The molecule has 0 aliphatic rings. The number of aromatic nitrogens is 3. The highest BCUT2D eigenvalue weighted by atomic mass is 35.5. The summed E-state index contributed by atoms with van der Waals surface area (Å²) in [6, 6.07) is 11.3. The maximum absolute atomic E-state index is 12.5. The van der Waals surface area contributed by atoms with Gasteiger partial charge in [-0.15, -0.1) is 10.2 Å². The van der Waals surface area contributed by atoms with Gasteiger partial charge in [-0.3, -0.25) is 9.59 Å². The van der Waals surface area contributed by atoms with E-state index in [0.29, 0.717) is 33.0 Å². The number of carbonyl (C=O) groups is 2. The van der Waals surface area contributed by atoms with Crippen LogP contribution >= 0.6 is 35.0 Å². The molecule has 11 heteroatoms. The number of benzene rings is 2. The van der Waals surface area contributed by atoms with Crippen LogP contribution in [-0.4, -0.2) is 39.4 Å². The molecule has 2 amide bonds. The standard InChI is InChI=1S/C21H21Cl2N5O3S/c1-12(24-20(30)16-8-7-13(22)9-17(16)23)19-26-27-21(28(19)2)32-11-18(29)25-14-5-4-6-15(10-14)31-3/h4-10,12H,11H2,1-3H3,(H,24,30)(H,25,29)/t12-/m0/s1. The number of thioether (sulfide) groups is 1. The van der Waals surface area contributed by atoms with Crippen molar-refractivity contribution in [3.63, 3.8) is 0 Å². The number of carbonyl (C=O) groups excluding carboxylic acids is 2. The van der Waals surface area contributed by atoms with Crippen LogP contribution in [0.1, 0.15) is 29.1 Å². The molecule has 168 valence electrons. The molecule has 1 aromatic heterocycles. The summed E-state index contributed by atoms with van der Waals surface area (Å²) in [6.45, 7) is 1.79. The molecule has 32 heavy (non-hydrogen) atoms. The van der Waals surface area contributed by atoms with Gasteiger partial charge >= 0.3 is 0 Å². The second-order valence-electron chi connectivity index (χ2n) is 6.79. The lowest BCUT2D eigenvalue weighted by atomic mass is 10.2. The van der Waals surface area contributed by atoms with Crippen LogP contribution in [0.3, 0.4) is 0 Å². The smallest absolute Gasteiger partial charge is 0.253 e. The van der Waals surface area contributed by atoms with Crippen molar-refractivity contribution in [1.29, 1.82) is 0 Å². The first-order chi connectivity index (χ1) is 15.3. The normalized spacial score (nSPS) is 11.7. The second kappa shape index (κ2) is 10.7. The number of methoxy groups -OCH3 is 1. The van der Waals surface area contributed by atoms with Crippen molar-refractivity contribution in [2.75, 3.05) is 18.2 Å². The SMILES string of the molecule is COc1cccc(NC(=O)CSc2nnc([C@H](C)NC(=O)c3ccc(Cl)cc3Cl)n2C)c1. The number of rotatable bonds is 8. The van der Waals surface area contributed by atoms with Gasteiger partial charge in [0.1, 0.15) is 5.75 Å². The Morgan fingerprint density at radius 3 is 2.69 bits per heavy atom. The number of hydrogen-bond donors (Lipinski definition) is 2. The number of amides is 2. The van der Waals surface area contributed by atoms with E-state index in [1.165, 1.54) is 17.8 Å². The Morgan fingerprint density at radius 2 is 1.97 bits per heavy atom. The van der Waals surface area contributed by atoms with E-state index in [0.717, 1.165) is 0 Å². The van der Waals surface area contributed by atoms with Crippen LogP contribution in [0.2, 0.25) is 10.0 Å². The molecule has 3 aromatic rings. The highest BCUT2D eigenvalue weighted by molar-refractivity contribution is 7.99. The third kappa shape index (κ3) is 5.93. The number of nitrogens with one attached hydrogen (secondary N) is 2. The van der Waals surface area contributed by atoms with Gasteiger partial charge in [0.2, 0.25) is 5.91 Å². The summed E-state index contributed by atoms with van der Waals surface area (Å²) >= 11 is 13.2. The number of hydrogen-bond acceptors (Lipinski definition) is 6. The molecule has 0 saturated heterocycles. The summed E-state index contributed by atoms with van der Waals surface area (Å²) in [5.41, 5.74) is 0.958. The summed E-state index contributed by atoms with van der Waals surface area (Å²) in [4.78, 5) is 24.8. The fourth-order valence-electron chi connectivity index (χ4n) is 2.87. The van der Waals surface area contributed by atoms with Crippen molar-refractivity contribution in [2.24, 2.45) is 7.05 Å². The van der Waals surface area contributed by atoms with Gasteiger partial charge in [-0.2, -0.15) is 0 Å². The largest absolute Gasteiger partial charge is 0.497 e. The predicted molar refractivity (Wildman–Crippen MR) is 126 cm³/mol. The van der Waals surface area contributed by atoms with Crippen LogP contribution in [0.5, 0.6) is 5.75 Å². The van der Waals surface area contributed by atoms with Crippen LogP contribution in [0, 0.1) is 0 Å². The van der Waals surface area contributed by atoms with Gasteiger partial charge in [0.25, 0.3) is 5.91 Å². The molecular weight excluding hydrogens is 473 g/mol.